The van der Waals surface area contributed by atoms with Gasteiger partial charge in [0.05, 0.1) is 12.7 Å². The van der Waals surface area contributed by atoms with Crippen LogP contribution in [0.4, 0.5) is 0 Å². The Labute approximate surface area is 84.7 Å². The minimum Gasteiger partial charge on any atom is -0.375 e. The molecule has 0 amide bonds. The summed E-state index contributed by atoms with van der Waals surface area (Å²) < 4.78 is 5.53. The number of hydrogen-bond donors (Lipinski definition) is 0. The van der Waals surface area contributed by atoms with E-state index in [9.17, 15) is 4.79 Å². The maximum absolute atomic E-state index is 10.8. The summed E-state index contributed by atoms with van der Waals surface area (Å²) in [6.07, 6.45) is 5.26. The second kappa shape index (κ2) is 3.83. The molecule has 2 unspecified atom stereocenters. The fourth-order valence-corrected chi connectivity index (χ4v) is 2.31. The highest BCUT2D eigenvalue weighted by Gasteiger charge is 2.40. The van der Waals surface area contributed by atoms with E-state index in [4.69, 9.17) is 4.74 Å². The summed E-state index contributed by atoms with van der Waals surface area (Å²) in [5, 5.41) is 0. The minimum atomic E-state index is 0.123. The Bertz CT molecular complexity index is 262. The number of ketones is 1. The monoisotopic (exact) mass is 195 g/mol. The lowest BCUT2D eigenvalue weighted by Crippen LogP contribution is -2.42. The van der Waals surface area contributed by atoms with E-state index in [2.05, 4.69) is 11.8 Å². The molecular formula is C11H17NO2. The smallest absolute Gasteiger partial charge is 0.152 e. The number of carbonyl (C=O) groups is 1. The average Bonchev–Trinajstić information content (AvgIpc) is 2.74. The molecule has 0 saturated carbocycles. The molecule has 3 nitrogen and oxygen atoms in total. The molecule has 0 aliphatic carbocycles. The van der Waals surface area contributed by atoms with Crippen molar-refractivity contribution < 1.29 is 9.53 Å². The van der Waals surface area contributed by atoms with Crippen LogP contribution < -0.4 is 0 Å². The molecule has 78 valence electrons. The highest BCUT2D eigenvalue weighted by molar-refractivity contribution is 5.87. The number of rotatable bonds is 3. The van der Waals surface area contributed by atoms with Crippen molar-refractivity contribution in [3.63, 3.8) is 0 Å². The minimum absolute atomic E-state index is 0.123. The topological polar surface area (TPSA) is 29.5 Å². The van der Waals surface area contributed by atoms with Crippen molar-refractivity contribution in [3.05, 3.63) is 12.2 Å². The first kappa shape index (κ1) is 9.87. The van der Waals surface area contributed by atoms with Gasteiger partial charge in [-0.2, -0.15) is 0 Å². The van der Waals surface area contributed by atoms with Gasteiger partial charge in [-0.1, -0.05) is 6.08 Å². The Morgan fingerprint density at radius 3 is 2.93 bits per heavy atom. The number of fused-ring (bicyclic) bond motifs is 2. The molecule has 0 N–H and O–H groups in total. The van der Waals surface area contributed by atoms with Crippen molar-refractivity contribution in [2.75, 3.05) is 13.2 Å². The molecule has 2 fully saturated rings. The SMILES string of the molecule is CC(=O)/C=C/[C@@H](C)N1CC2CC1CO2. The molecule has 2 saturated heterocycles. The van der Waals surface area contributed by atoms with Crippen molar-refractivity contribution in [3.8, 4) is 0 Å². The number of morpholine rings is 1. The zero-order valence-corrected chi connectivity index (χ0v) is 8.77. The lowest BCUT2D eigenvalue weighted by atomic mass is 10.2. The molecule has 3 atom stereocenters. The van der Waals surface area contributed by atoms with Crippen LogP contribution in [0.15, 0.2) is 12.2 Å². The number of hydrogen-bond acceptors (Lipinski definition) is 3. The first-order chi connectivity index (χ1) is 6.66. The fourth-order valence-electron chi connectivity index (χ4n) is 2.31. The van der Waals surface area contributed by atoms with Crippen LogP contribution in [-0.2, 0) is 9.53 Å². The standard InChI is InChI=1S/C11H17NO2/c1-8(3-4-9(2)13)12-6-11-5-10(12)7-14-11/h3-4,8,10-11H,5-7H2,1-2H3/b4-3+/t8-,10?,11?/m1/s1. The second-order valence-electron chi connectivity index (χ2n) is 4.25. The van der Waals surface area contributed by atoms with Gasteiger partial charge >= 0.3 is 0 Å². The summed E-state index contributed by atoms with van der Waals surface area (Å²) >= 11 is 0. The van der Waals surface area contributed by atoms with E-state index in [1.54, 1.807) is 13.0 Å². The maximum Gasteiger partial charge on any atom is 0.152 e. The van der Waals surface area contributed by atoms with Crippen LogP contribution in [0.25, 0.3) is 0 Å². The van der Waals surface area contributed by atoms with Crippen LogP contribution in [0.3, 0.4) is 0 Å². The number of ether oxygens (including phenoxy) is 1. The summed E-state index contributed by atoms with van der Waals surface area (Å²) in [4.78, 5) is 13.2. The molecule has 2 heterocycles. The van der Waals surface area contributed by atoms with Gasteiger partial charge in [-0.25, -0.2) is 0 Å². The Morgan fingerprint density at radius 1 is 1.64 bits per heavy atom. The van der Waals surface area contributed by atoms with E-state index >= 15 is 0 Å². The number of likely N-dealkylation sites (tertiary alicyclic amines) is 1. The average molecular weight is 195 g/mol. The van der Waals surface area contributed by atoms with E-state index in [1.165, 1.54) is 0 Å². The lowest BCUT2D eigenvalue weighted by molar-refractivity contribution is -0.112. The Balaban J connectivity index is 1.92. The molecule has 2 aliphatic heterocycles. The number of nitrogens with zero attached hydrogens (tertiary/aromatic N) is 1. The molecule has 2 bridgehead atoms. The van der Waals surface area contributed by atoms with E-state index in [0.29, 0.717) is 18.2 Å². The van der Waals surface area contributed by atoms with E-state index in [-0.39, 0.29) is 5.78 Å². The third-order valence-electron chi connectivity index (χ3n) is 3.08. The molecule has 3 heteroatoms. The van der Waals surface area contributed by atoms with Crippen LogP contribution in [0.1, 0.15) is 20.3 Å². The lowest BCUT2D eigenvalue weighted by Gasteiger charge is -2.30. The molecule has 0 radical (unpaired) electrons. The van der Waals surface area contributed by atoms with Crippen molar-refractivity contribution in [1.82, 2.24) is 4.90 Å². The first-order valence-corrected chi connectivity index (χ1v) is 5.23. The van der Waals surface area contributed by atoms with Crippen molar-refractivity contribution in [1.29, 1.82) is 0 Å². The second-order valence-corrected chi connectivity index (χ2v) is 4.25. The van der Waals surface area contributed by atoms with Crippen LogP contribution in [-0.4, -0.2) is 42.0 Å². The maximum atomic E-state index is 10.8. The Kier molecular flexibility index (Phi) is 2.70. The van der Waals surface area contributed by atoms with Gasteiger partial charge in [0.1, 0.15) is 0 Å². The highest BCUT2D eigenvalue weighted by atomic mass is 16.5. The van der Waals surface area contributed by atoms with Gasteiger partial charge in [0.15, 0.2) is 5.78 Å². The molecule has 0 aromatic rings. The molecule has 2 aliphatic rings. The van der Waals surface area contributed by atoms with E-state index < -0.39 is 0 Å². The van der Waals surface area contributed by atoms with E-state index in [1.807, 2.05) is 6.08 Å². The predicted octanol–water partition coefficient (Wildman–Crippen LogP) is 0.993. The highest BCUT2D eigenvalue weighted by Crippen LogP contribution is 2.29. The summed E-state index contributed by atoms with van der Waals surface area (Å²) in [7, 11) is 0. The third-order valence-corrected chi connectivity index (χ3v) is 3.08. The quantitative estimate of drug-likeness (QED) is 0.629. The van der Waals surface area contributed by atoms with E-state index in [0.717, 1.165) is 19.6 Å². The van der Waals surface area contributed by atoms with Gasteiger partial charge in [0.25, 0.3) is 0 Å². The molecule has 0 aromatic carbocycles. The molecule has 2 rings (SSSR count). The molecule has 0 aromatic heterocycles. The first-order valence-electron chi connectivity index (χ1n) is 5.23. The van der Waals surface area contributed by atoms with Gasteiger partial charge in [-0.3, -0.25) is 9.69 Å². The number of allylic oxidation sites excluding steroid dienone is 1. The van der Waals surface area contributed by atoms with Crippen LogP contribution >= 0.6 is 0 Å². The molecular weight excluding hydrogens is 178 g/mol. The predicted molar refractivity (Wildman–Crippen MR) is 54.1 cm³/mol. The Morgan fingerprint density at radius 2 is 2.43 bits per heavy atom. The fraction of sp³-hybridized carbons (Fsp3) is 0.727. The Hall–Kier alpha value is -0.670. The van der Waals surface area contributed by atoms with Gasteiger partial charge < -0.3 is 4.74 Å². The normalized spacial score (nSPS) is 34.1. The summed E-state index contributed by atoms with van der Waals surface area (Å²) in [6, 6.07) is 0.935. The zero-order valence-electron chi connectivity index (χ0n) is 8.77. The van der Waals surface area contributed by atoms with Gasteiger partial charge in [0.2, 0.25) is 0 Å². The van der Waals surface area contributed by atoms with Crippen LogP contribution in [0, 0.1) is 0 Å². The van der Waals surface area contributed by atoms with Crippen molar-refractivity contribution in [2.24, 2.45) is 0 Å². The van der Waals surface area contributed by atoms with Crippen molar-refractivity contribution >= 4 is 5.78 Å². The van der Waals surface area contributed by atoms with Gasteiger partial charge in [-0.15, -0.1) is 0 Å². The van der Waals surface area contributed by atoms with Crippen LogP contribution in [0.5, 0.6) is 0 Å². The third kappa shape index (κ3) is 1.88. The summed E-state index contributed by atoms with van der Waals surface area (Å²) in [5.74, 6) is 0.123. The zero-order chi connectivity index (χ0) is 10.1. The molecule has 14 heavy (non-hydrogen) atoms. The summed E-state index contributed by atoms with van der Waals surface area (Å²) in [5.41, 5.74) is 0. The summed E-state index contributed by atoms with van der Waals surface area (Å²) in [6.45, 7) is 5.61. The number of carbonyl (C=O) groups excluding carboxylic acids is 1. The van der Waals surface area contributed by atoms with Gasteiger partial charge in [0, 0.05) is 18.6 Å². The van der Waals surface area contributed by atoms with Gasteiger partial charge in [-0.05, 0) is 26.3 Å². The molecule has 0 spiro atoms. The van der Waals surface area contributed by atoms with Crippen LogP contribution in [0.2, 0.25) is 0 Å². The van der Waals surface area contributed by atoms with Crippen molar-refractivity contribution in [2.45, 2.75) is 38.5 Å². The largest absolute Gasteiger partial charge is 0.375 e.